The van der Waals surface area contributed by atoms with E-state index in [9.17, 15) is 4.79 Å². The molecule has 0 aromatic heterocycles. The van der Waals surface area contributed by atoms with E-state index < -0.39 is 0 Å². The lowest BCUT2D eigenvalue weighted by atomic mass is 10.0. The third-order valence-electron chi connectivity index (χ3n) is 1.89. The van der Waals surface area contributed by atoms with Gasteiger partial charge in [0.2, 0.25) is 0 Å². The zero-order valence-corrected chi connectivity index (χ0v) is 8.93. The number of piperidine rings is 1. The number of carbonyl (C=O) groups excluding carboxylic acids is 1. The Hall–Kier alpha value is -0.570. The van der Waals surface area contributed by atoms with Crippen molar-refractivity contribution in [2.75, 3.05) is 19.7 Å². The third kappa shape index (κ3) is 9.34. The molecule has 0 amide bonds. The average molecular weight is 187 g/mol. The lowest BCUT2D eigenvalue weighted by Gasteiger charge is -2.17. The Bertz CT molecular complexity index is 131. The van der Waals surface area contributed by atoms with Crippen molar-refractivity contribution in [1.82, 2.24) is 5.32 Å². The van der Waals surface area contributed by atoms with Crippen LogP contribution in [0.1, 0.15) is 33.6 Å². The Morgan fingerprint density at radius 3 is 2.46 bits per heavy atom. The summed E-state index contributed by atoms with van der Waals surface area (Å²) in [5.41, 5.74) is 0. The molecule has 1 heterocycles. The molecule has 1 aliphatic rings. The Kier molecular flexibility index (Phi) is 7.69. The standard InChI is InChI=1S/C6H13N.C4H8O2/c1-6-3-2-4-7-5-6;1-3-6-4(2)5/h6-7H,2-5H2,1H3;3H2,1-2H3. The Morgan fingerprint density at radius 1 is 1.62 bits per heavy atom. The first-order valence-electron chi connectivity index (χ1n) is 5.00. The summed E-state index contributed by atoms with van der Waals surface area (Å²) in [6, 6.07) is 0. The third-order valence-corrected chi connectivity index (χ3v) is 1.89. The average Bonchev–Trinajstić information content (AvgIpc) is 2.06. The van der Waals surface area contributed by atoms with E-state index in [0.29, 0.717) is 6.61 Å². The second-order valence-corrected chi connectivity index (χ2v) is 3.38. The highest BCUT2D eigenvalue weighted by Crippen LogP contribution is 2.06. The minimum Gasteiger partial charge on any atom is -0.466 e. The van der Waals surface area contributed by atoms with Gasteiger partial charge in [-0.3, -0.25) is 4.79 Å². The molecule has 1 rings (SSSR count). The van der Waals surface area contributed by atoms with Crippen LogP contribution in [0.2, 0.25) is 0 Å². The summed E-state index contributed by atoms with van der Waals surface area (Å²) in [5, 5.41) is 3.33. The highest BCUT2D eigenvalue weighted by atomic mass is 16.5. The Balaban J connectivity index is 0.000000226. The largest absolute Gasteiger partial charge is 0.466 e. The van der Waals surface area contributed by atoms with Gasteiger partial charge in [0, 0.05) is 6.92 Å². The SMILES string of the molecule is CC1CCCNC1.CCOC(C)=O. The van der Waals surface area contributed by atoms with E-state index in [-0.39, 0.29) is 5.97 Å². The molecule has 13 heavy (non-hydrogen) atoms. The second kappa shape index (κ2) is 8.05. The summed E-state index contributed by atoms with van der Waals surface area (Å²) in [4.78, 5) is 9.82. The maximum atomic E-state index is 9.82. The van der Waals surface area contributed by atoms with Crippen molar-refractivity contribution >= 4 is 5.97 Å². The number of rotatable bonds is 1. The highest BCUT2D eigenvalue weighted by molar-refractivity contribution is 5.65. The van der Waals surface area contributed by atoms with Gasteiger partial charge in [-0.1, -0.05) is 6.92 Å². The van der Waals surface area contributed by atoms with Gasteiger partial charge in [0.25, 0.3) is 0 Å². The Labute approximate surface area is 80.8 Å². The zero-order valence-electron chi connectivity index (χ0n) is 8.93. The molecule has 3 nitrogen and oxygen atoms in total. The van der Waals surface area contributed by atoms with Crippen LogP contribution in [0.25, 0.3) is 0 Å². The molecule has 0 radical (unpaired) electrons. The van der Waals surface area contributed by atoms with Crippen LogP contribution < -0.4 is 5.32 Å². The molecule has 1 saturated heterocycles. The Morgan fingerprint density at radius 2 is 2.31 bits per heavy atom. The fourth-order valence-corrected chi connectivity index (χ4v) is 1.23. The normalized spacial score (nSPS) is 21.3. The van der Waals surface area contributed by atoms with E-state index in [1.165, 1.54) is 32.9 Å². The number of esters is 1. The zero-order chi connectivity index (χ0) is 10.1. The molecule has 0 aromatic carbocycles. The van der Waals surface area contributed by atoms with Crippen molar-refractivity contribution in [3.8, 4) is 0 Å². The van der Waals surface area contributed by atoms with Crippen LogP contribution in [-0.4, -0.2) is 25.7 Å². The van der Waals surface area contributed by atoms with Gasteiger partial charge in [-0.25, -0.2) is 0 Å². The van der Waals surface area contributed by atoms with Gasteiger partial charge in [-0.2, -0.15) is 0 Å². The smallest absolute Gasteiger partial charge is 0.302 e. The molecule has 1 aliphatic heterocycles. The molecule has 3 heteroatoms. The van der Waals surface area contributed by atoms with Crippen molar-refractivity contribution in [2.24, 2.45) is 5.92 Å². The number of hydrogen-bond donors (Lipinski definition) is 1. The van der Waals surface area contributed by atoms with Crippen molar-refractivity contribution < 1.29 is 9.53 Å². The van der Waals surface area contributed by atoms with Gasteiger partial charge in [0.15, 0.2) is 0 Å². The molecule has 1 atom stereocenters. The molecule has 0 spiro atoms. The van der Waals surface area contributed by atoms with Gasteiger partial charge in [-0.15, -0.1) is 0 Å². The van der Waals surface area contributed by atoms with Gasteiger partial charge in [0.1, 0.15) is 0 Å². The molecule has 78 valence electrons. The maximum Gasteiger partial charge on any atom is 0.302 e. The van der Waals surface area contributed by atoms with E-state index in [0.717, 1.165) is 5.92 Å². The number of hydrogen-bond acceptors (Lipinski definition) is 3. The fourth-order valence-electron chi connectivity index (χ4n) is 1.23. The highest BCUT2D eigenvalue weighted by Gasteiger charge is 2.04. The summed E-state index contributed by atoms with van der Waals surface area (Å²) in [6.07, 6.45) is 2.80. The predicted molar refractivity (Wildman–Crippen MR) is 53.6 cm³/mol. The lowest BCUT2D eigenvalue weighted by molar-refractivity contribution is -0.140. The second-order valence-electron chi connectivity index (χ2n) is 3.38. The van der Waals surface area contributed by atoms with Crippen molar-refractivity contribution in [1.29, 1.82) is 0 Å². The van der Waals surface area contributed by atoms with Crippen LogP contribution in [0.5, 0.6) is 0 Å². The summed E-state index contributed by atoms with van der Waals surface area (Å²) in [6.45, 7) is 8.43. The lowest BCUT2D eigenvalue weighted by Crippen LogP contribution is -2.27. The van der Waals surface area contributed by atoms with E-state index in [1.54, 1.807) is 6.92 Å². The maximum absolute atomic E-state index is 9.82. The van der Waals surface area contributed by atoms with E-state index in [2.05, 4.69) is 17.0 Å². The van der Waals surface area contributed by atoms with Crippen molar-refractivity contribution in [3.05, 3.63) is 0 Å². The first kappa shape index (κ1) is 12.4. The number of nitrogens with one attached hydrogen (secondary N) is 1. The molecular formula is C10H21NO2. The summed E-state index contributed by atoms with van der Waals surface area (Å²) < 4.78 is 4.40. The molecule has 1 fully saturated rings. The summed E-state index contributed by atoms with van der Waals surface area (Å²) in [5.74, 6) is 0.714. The molecule has 0 aliphatic carbocycles. The van der Waals surface area contributed by atoms with Crippen LogP contribution in [0.3, 0.4) is 0 Å². The minimum atomic E-state index is -0.211. The van der Waals surface area contributed by atoms with E-state index in [1.807, 2.05) is 0 Å². The van der Waals surface area contributed by atoms with Gasteiger partial charge in [0.05, 0.1) is 6.61 Å². The van der Waals surface area contributed by atoms with Gasteiger partial charge in [-0.05, 0) is 38.8 Å². The summed E-state index contributed by atoms with van der Waals surface area (Å²) in [7, 11) is 0. The van der Waals surface area contributed by atoms with Crippen LogP contribution >= 0.6 is 0 Å². The number of ether oxygens (including phenoxy) is 1. The fraction of sp³-hybridized carbons (Fsp3) is 0.900. The quantitative estimate of drug-likeness (QED) is 0.633. The van der Waals surface area contributed by atoms with Crippen molar-refractivity contribution in [3.63, 3.8) is 0 Å². The van der Waals surface area contributed by atoms with Crippen LogP contribution in [0.4, 0.5) is 0 Å². The van der Waals surface area contributed by atoms with Gasteiger partial charge >= 0.3 is 5.97 Å². The van der Waals surface area contributed by atoms with Crippen LogP contribution in [0.15, 0.2) is 0 Å². The van der Waals surface area contributed by atoms with E-state index in [4.69, 9.17) is 0 Å². The molecule has 1 unspecified atom stereocenters. The predicted octanol–water partition coefficient (Wildman–Crippen LogP) is 1.58. The monoisotopic (exact) mass is 187 g/mol. The molecule has 1 N–H and O–H groups in total. The van der Waals surface area contributed by atoms with E-state index >= 15 is 0 Å². The number of carbonyl (C=O) groups is 1. The molecule has 0 aromatic rings. The first-order chi connectivity index (χ1) is 6.16. The minimum absolute atomic E-state index is 0.211. The molecular weight excluding hydrogens is 166 g/mol. The van der Waals surface area contributed by atoms with Crippen LogP contribution in [-0.2, 0) is 9.53 Å². The van der Waals surface area contributed by atoms with Crippen molar-refractivity contribution in [2.45, 2.75) is 33.6 Å². The first-order valence-corrected chi connectivity index (χ1v) is 5.00. The molecule has 0 saturated carbocycles. The summed E-state index contributed by atoms with van der Waals surface area (Å²) >= 11 is 0. The topological polar surface area (TPSA) is 38.3 Å². The van der Waals surface area contributed by atoms with Crippen LogP contribution in [0, 0.1) is 5.92 Å². The molecule has 0 bridgehead atoms. The van der Waals surface area contributed by atoms with Gasteiger partial charge < -0.3 is 10.1 Å².